The standard InChI is InChI=1S/C16H18ClFN2O/c1-2-5-21-14-6-12(9-20-10-14)16(19)7-11-3-4-13(18)8-15(11)17/h3-4,6,8-10,16H,2,5,7,19H2,1H3. The van der Waals surface area contributed by atoms with Crippen LogP contribution < -0.4 is 10.5 Å². The smallest absolute Gasteiger partial charge is 0.137 e. The van der Waals surface area contributed by atoms with Gasteiger partial charge >= 0.3 is 0 Å². The molecule has 0 spiro atoms. The second-order valence-electron chi connectivity index (χ2n) is 4.85. The van der Waals surface area contributed by atoms with Crippen molar-refractivity contribution in [3.8, 4) is 5.75 Å². The van der Waals surface area contributed by atoms with E-state index in [1.807, 2.05) is 13.0 Å². The zero-order valence-electron chi connectivity index (χ0n) is 11.9. The quantitative estimate of drug-likeness (QED) is 0.880. The van der Waals surface area contributed by atoms with Crippen LogP contribution in [0.3, 0.4) is 0 Å². The van der Waals surface area contributed by atoms with Crippen LogP contribution in [-0.4, -0.2) is 11.6 Å². The van der Waals surface area contributed by atoms with Crippen LogP contribution in [0.15, 0.2) is 36.7 Å². The number of rotatable bonds is 6. The van der Waals surface area contributed by atoms with Gasteiger partial charge in [-0.3, -0.25) is 4.98 Å². The molecule has 5 heteroatoms. The van der Waals surface area contributed by atoms with Crippen LogP contribution in [0.25, 0.3) is 0 Å². The number of ether oxygens (including phenoxy) is 1. The van der Waals surface area contributed by atoms with Gasteiger partial charge in [-0.15, -0.1) is 0 Å². The van der Waals surface area contributed by atoms with E-state index >= 15 is 0 Å². The third-order valence-corrected chi connectivity index (χ3v) is 3.44. The second kappa shape index (κ2) is 7.38. The highest BCUT2D eigenvalue weighted by molar-refractivity contribution is 6.31. The lowest BCUT2D eigenvalue weighted by molar-refractivity contribution is 0.315. The normalized spacial score (nSPS) is 12.2. The molecule has 3 nitrogen and oxygen atoms in total. The van der Waals surface area contributed by atoms with Crippen molar-refractivity contribution in [2.75, 3.05) is 6.61 Å². The number of pyridine rings is 1. The van der Waals surface area contributed by atoms with Crippen LogP contribution in [-0.2, 0) is 6.42 Å². The van der Waals surface area contributed by atoms with Crippen LogP contribution in [0.4, 0.5) is 4.39 Å². The van der Waals surface area contributed by atoms with E-state index in [0.29, 0.717) is 23.8 Å². The van der Waals surface area contributed by atoms with Crippen molar-refractivity contribution in [1.29, 1.82) is 0 Å². The minimum Gasteiger partial charge on any atom is -0.492 e. The molecule has 1 aromatic heterocycles. The Labute approximate surface area is 128 Å². The summed E-state index contributed by atoms with van der Waals surface area (Å²) < 4.78 is 18.6. The minimum absolute atomic E-state index is 0.273. The van der Waals surface area contributed by atoms with Gasteiger partial charge in [0.1, 0.15) is 11.6 Å². The zero-order valence-corrected chi connectivity index (χ0v) is 12.6. The zero-order chi connectivity index (χ0) is 15.2. The predicted molar refractivity (Wildman–Crippen MR) is 82.1 cm³/mol. The Morgan fingerprint density at radius 3 is 2.86 bits per heavy atom. The predicted octanol–water partition coefficient (Wildman–Crippen LogP) is 3.91. The van der Waals surface area contributed by atoms with Crippen molar-refractivity contribution in [2.45, 2.75) is 25.8 Å². The number of nitrogens with zero attached hydrogens (tertiary/aromatic N) is 1. The van der Waals surface area contributed by atoms with Gasteiger partial charge in [0.05, 0.1) is 12.8 Å². The first-order valence-corrected chi connectivity index (χ1v) is 7.25. The Hall–Kier alpha value is -1.65. The highest BCUT2D eigenvalue weighted by Gasteiger charge is 2.11. The molecule has 2 aromatic rings. The molecule has 0 aliphatic carbocycles. The molecule has 0 radical (unpaired) electrons. The second-order valence-corrected chi connectivity index (χ2v) is 5.26. The topological polar surface area (TPSA) is 48.1 Å². The molecule has 1 atom stereocenters. The van der Waals surface area contributed by atoms with Gasteiger partial charge in [-0.05, 0) is 42.2 Å². The number of aromatic nitrogens is 1. The van der Waals surface area contributed by atoms with Crippen molar-refractivity contribution in [3.63, 3.8) is 0 Å². The van der Waals surface area contributed by atoms with E-state index in [1.54, 1.807) is 18.5 Å². The maximum Gasteiger partial charge on any atom is 0.137 e. The number of nitrogens with two attached hydrogens (primary N) is 1. The fourth-order valence-corrected chi connectivity index (χ4v) is 2.22. The summed E-state index contributed by atoms with van der Waals surface area (Å²) in [6, 6.07) is 5.94. The summed E-state index contributed by atoms with van der Waals surface area (Å²) in [5.74, 6) is 0.351. The summed E-state index contributed by atoms with van der Waals surface area (Å²) in [4.78, 5) is 4.14. The first-order chi connectivity index (χ1) is 10.1. The molecule has 0 aliphatic rings. The van der Waals surface area contributed by atoms with Crippen LogP contribution >= 0.6 is 11.6 Å². The fraction of sp³-hybridized carbons (Fsp3) is 0.312. The van der Waals surface area contributed by atoms with Gasteiger partial charge in [0.25, 0.3) is 0 Å². The van der Waals surface area contributed by atoms with Gasteiger partial charge in [0, 0.05) is 17.3 Å². The molecule has 1 unspecified atom stereocenters. The maximum atomic E-state index is 13.0. The summed E-state index contributed by atoms with van der Waals surface area (Å²) >= 11 is 6.02. The molecule has 0 saturated heterocycles. The van der Waals surface area contributed by atoms with Gasteiger partial charge in [-0.25, -0.2) is 4.39 Å². The molecule has 112 valence electrons. The lowest BCUT2D eigenvalue weighted by atomic mass is 10.0. The average molecular weight is 309 g/mol. The molecule has 1 heterocycles. The Bertz CT molecular complexity index is 607. The third kappa shape index (κ3) is 4.41. The lowest BCUT2D eigenvalue weighted by Gasteiger charge is -2.14. The maximum absolute atomic E-state index is 13.0. The lowest BCUT2D eigenvalue weighted by Crippen LogP contribution is -2.14. The SMILES string of the molecule is CCCOc1cncc(C(N)Cc2ccc(F)cc2Cl)c1. The number of halogens is 2. The Balaban J connectivity index is 2.10. The Kier molecular flexibility index (Phi) is 5.53. The fourth-order valence-electron chi connectivity index (χ4n) is 1.98. The molecule has 0 saturated carbocycles. The molecule has 0 aliphatic heterocycles. The highest BCUT2D eigenvalue weighted by atomic mass is 35.5. The van der Waals surface area contributed by atoms with Crippen LogP contribution in [0.2, 0.25) is 5.02 Å². The Morgan fingerprint density at radius 1 is 1.33 bits per heavy atom. The van der Waals surface area contributed by atoms with E-state index in [1.165, 1.54) is 12.1 Å². The van der Waals surface area contributed by atoms with E-state index in [9.17, 15) is 4.39 Å². The first-order valence-electron chi connectivity index (χ1n) is 6.87. The molecule has 0 fully saturated rings. The number of benzene rings is 1. The van der Waals surface area contributed by atoms with Gasteiger partial charge in [-0.2, -0.15) is 0 Å². The first kappa shape index (κ1) is 15.7. The van der Waals surface area contributed by atoms with E-state index in [2.05, 4.69) is 4.98 Å². The molecule has 0 amide bonds. The summed E-state index contributed by atoms with van der Waals surface area (Å²) in [5.41, 5.74) is 7.86. The van der Waals surface area contributed by atoms with Crippen molar-refractivity contribution in [1.82, 2.24) is 4.98 Å². The molecule has 0 bridgehead atoms. The van der Waals surface area contributed by atoms with Crippen molar-refractivity contribution < 1.29 is 9.13 Å². The number of hydrogen-bond donors (Lipinski definition) is 1. The van der Waals surface area contributed by atoms with E-state index in [4.69, 9.17) is 22.1 Å². The summed E-state index contributed by atoms with van der Waals surface area (Å²) in [6.07, 6.45) is 4.82. The van der Waals surface area contributed by atoms with Crippen LogP contribution in [0.5, 0.6) is 5.75 Å². The van der Waals surface area contributed by atoms with Gasteiger partial charge in [0.2, 0.25) is 0 Å². The highest BCUT2D eigenvalue weighted by Crippen LogP contribution is 2.24. The summed E-state index contributed by atoms with van der Waals surface area (Å²) in [6.45, 7) is 2.68. The summed E-state index contributed by atoms with van der Waals surface area (Å²) in [7, 11) is 0. The van der Waals surface area contributed by atoms with Crippen molar-refractivity contribution in [2.24, 2.45) is 5.73 Å². The monoisotopic (exact) mass is 308 g/mol. The van der Waals surface area contributed by atoms with Gasteiger partial charge < -0.3 is 10.5 Å². The van der Waals surface area contributed by atoms with Crippen molar-refractivity contribution in [3.05, 3.63) is 58.6 Å². The molecule has 1 aromatic carbocycles. The average Bonchev–Trinajstić information content (AvgIpc) is 2.48. The Morgan fingerprint density at radius 2 is 2.14 bits per heavy atom. The largest absolute Gasteiger partial charge is 0.492 e. The van der Waals surface area contributed by atoms with Crippen LogP contribution in [0.1, 0.15) is 30.5 Å². The van der Waals surface area contributed by atoms with E-state index in [0.717, 1.165) is 17.5 Å². The van der Waals surface area contributed by atoms with Crippen LogP contribution in [0, 0.1) is 5.82 Å². The van der Waals surface area contributed by atoms with E-state index in [-0.39, 0.29) is 11.9 Å². The van der Waals surface area contributed by atoms with Crippen molar-refractivity contribution >= 4 is 11.6 Å². The molecule has 2 rings (SSSR count). The molecule has 21 heavy (non-hydrogen) atoms. The minimum atomic E-state index is -0.353. The summed E-state index contributed by atoms with van der Waals surface area (Å²) in [5, 5.41) is 0.386. The molecular weight excluding hydrogens is 291 g/mol. The number of hydrogen-bond acceptors (Lipinski definition) is 3. The molecular formula is C16H18ClFN2O. The van der Waals surface area contributed by atoms with Gasteiger partial charge in [0.15, 0.2) is 0 Å². The third-order valence-electron chi connectivity index (χ3n) is 3.09. The molecule has 2 N–H and O–H groups in total. The van der Waals surface area contributed by atoms with E-state index < -0.39 is 0 Å². The van der Waals surface area contributed by atoms with Gasteiger partial charge in [-0.1, -0.05) is 24.6 Å².